The molecule has 1 aliphatic rings. The zero-order valence-electron chi connectivity index (χ0n) is 12.3. The van der Waals surface area contributed by atoms with E-state index < -0.39 is 11.8 Å². The number of hydrazine groups is 1. The highest BCUT2D eigenvalue weighted by atomic mass is 16.5. The number of aromatic amines is 1. The molecular formula is C16H17N3O3. The third-order valence-corrected chi connectivity index (χ3v) is 3.92. The highest BCUT2D eigenvalue weighted by Gasteiger charge is 2.31. The number of benzene rings is 1. The van der Waals surface area contributed by atoms with Crippen molar-refractivity contribution in [3.63, 3.8) is 0 Å². The van der Waals surface area contributed by atoms with E-state index in [1.54, 1.807) is 24.4 Å². The molecule has 6 nitrogen and oxygen atoms in total. The maximum atomic E-state index is 12.3. The summed E-state index contributed by atoms with van der Waals surface area (Å²) in [6.07, 6.45) is 1.66. The van der Waals surface area contributed by atoms with Gasteiger partial charge in [-0.15, -0.1) is 0 Å². The van der Waals surface area contributed by atoms with E-state index in [0.29, 0.717) is 17.0 Å². The SMILES string of the molecule is CC1Oc2c(C(=O)NNC(=O)c3ccc[nH]3)cccc2C1C. The average Bonchev–Trinajstić information content (AvgIpc) is 3.14. The number of carbonyl (C=O) groups excluding carboxylic acids is 2. The predicted molar refractivity (Wildman–Crippen MR) is 80.7 cm³/mol. The first kappa shape index (κ1) is 14.2. The summed E-state index contributed by atoms with van der Waals surface area (Å²) in [4.78, 5) is 26.8. The molecule has 6 heteroatoms. The van der Waals surface area contributed by atoms with Gasteiger partial charge < -0.3 is 9.72 Å². The second kappa shape index (κ2) is 5.55. The Balaban J connectivity index is 1.73. The maximum Gasteiger partial charge on any atom is 0.286 e. The van der Waals surface area contributed by atoms with Crippen LogP contribution in [0.4, 0.5) is 0 Å². The lowest BCUT2D eigenvalue weighted by molar-refractivity contribution is 0.0841. The van der Waals surface area contributed by atoms with Gasteiger partial charge in [0.1, 0.15) is 17.5 Å². The summed E-state index contributed by atoms with van der Waals surface area (Å²) in [6, 6.07) is 8.78. The minimum atomic E-state index is -0.409. The zero-order valence-corrected chi connectivity index (χ0v) is 12.3. The van der Waals surface area contributed by atoms with E-state index in [-0.39, 0.29) is 12.0 Å². The molecule has 2 heterocycles. The first-order valence-corrected chi connectivity index (χ1v) is 7.11. The Labute approximate surface area is 127 Å². The molecule has 2 aromatic rings. The van der Waals surface area contributed by atoms with Crippen molar-refractivity contribution >= 4 is 11.8 Å². The van der Waals surface area contributed by atoms with Gasteiger partial charge >= 0.3 is 0 Å². The number of fused-ring (bicyclic) bond motifs is 1. The summed E-state index contributed by atoms with van der Waals surface area (Å²) in [5.74, 6) is 0.0111. The Morgan fingerprint density at radius 3 is 2.59 bits per heavy atom. The number of aromatic nitrogens is 1. The maximum absolute atomic E-state index is 12.3. The molecule has 0 fully saturated rings. The molecule has 0 spiro atoms. The zero-order chi connectivity index (χ0) is 15.7. The molecule has 1 aromatic heterocycles. The number of amides is 2. The normalized spacial score (nSPS) is 19.2. The number of hydrogen-bond donors (Lipinski definition) is 3. The Morgan fingerprint density at radius 2 is 1.86 bits per heavy atom. The lowest BCUT2D eigenvalue weighted by atomic mass is 9.97. The minimum absolute atomic E-state index is 0.0254. The van der Waals surface area contributed by atoms with Crippen LogP contribution >= 0.6 is 0 Å². The molecule has 2 unspecified atom stereocenters. The number of ether oxygens (including phenoxy) is 1. The van der Waals surface area contributed by atoms with E-state index >= 15 is 0 Å². The summed E-state index contributed by atoms with van der Waals surface area (Å²) in [5.41, 5.74) is 6.58. The van der Waals surface area contributed by atoms with Gasteiger partial charge in [0.2, 0.25) is 0 Å². The standard InChI is InChI=1S/C16H17N3O3/c1-9-10(2)22-14-11(9)5-3-6-12(14)15(20)18-19-16(21)13-7-4-8-17-13/h3-10,17H,1-2H3,(H,18,20)(H,19,21). The van der Waals surface area contributed by atoms with Crippen molar-refractivity contribution < 1.29 is 14.3 Å². The Bertz CT molecular complexity index is 709. The molecule has 3 rings (SSSR count). The van der Waals surface area contributed by atoms with Gasteiger partial charge in [0.15, 0.2) is 0 Å². The van der Waals surface area contributed by atoms with E-state index in [1.165, 1.54) is 0 Å². The van der Waals surface area contributed by atoms with Crippen molar-refractivity contribution in [3.05, 3.63) is 53.3 Å². The van der Waals surface area contributed by atoms with Crippen LogP contribution in [0.5, 0.6) is 5.75 Å². The Kier molecular flexibility index (Phi) is 3.58. The van der Waals surface area contributed by atoms with Crippen molar-refractivity contribution in [3.8, 4) is 5.75 Å². The molecular weight excluding hydrogens is 282 g/mol. The topological polar surface area (TPSA) is 83.2 Å². The van der Waals surface area contributed by atoms with Crippen LogP contribution in [0, 0.1) is 0 Å². The summed E-state index contributed by atoms with van der Waals surface area (Å²) in [5, 5.41) is 0. The fourth-order valence-electron chi connectivity index (χ4n) is 2.48. The van der Waals surface area contributed by atoms with Crippen molar-refractivity contribution in [1.29, 1.82) is 0 Å². The van der Waals surface area contributed by atoms with Crippen LogP contribution in [-0.2, 0) is 0 Å². The first-order valence-electron chi connectivity index (χ1n) is 7.11. The van der Waals surface area contributed by atoms with Crippen LogP contribution in [-0.4, -0.2) is 22.9 Å². The molecule has 0 bridgehead atoms. The fourth-order valence-corrected chi connectivity index (χ4v) is 2.48. The average molecular weight is 299 g/mol. The Morgan fingerprint density at radius 1 is 1.09 bits per heavy atom. The van der Waals surface area contributed by atoms with Gasteiger partial charge in [0, 0.05) is 17.7 Å². The second-order valence-electron chi connectivity index (χ2n) is 5.33. The summed E-state index contributed by atoms with van der Waals surface area (Å²) in [7, 11) is 0. The number of para-hydroxylation sites is 1. The van der Waals surface area contributed by atoms with Crippen LogP contribution in [0.2, 0.25) is 0 Å². The largest absolute Gasteiger partial charge is 0.489 e. The Hall–Kier alpha value is -2.76. The molecule has 2 amide bonds. The van der Waals surface area contributed by atoms with Crippen LogP contribution in [0.3, 0.4) is 0 Å². The molecule has 114 valence electrons. The molecule has 0 saturated carbocycles. The third-order valence-electron chi connectivity index (χ3n) is 3.92. The minimum Gasteiger partial charge on any atom is -0.489 e. The number of H-pyrrole nitrogens is 1. The van der Waals surface area contributed by atoms with Crippen LogP contribution < -0.4 is 15.6 Å². The smallest absolute Gasteiger partial charge is 0.286 e. The fraction of sp³-hybridized carbons (Fsp3) is 0.250. The molecule has 0 radical (unpaired) electrons. The van der Waals surface area contributed by atoms with E-state index in [9.17, 15) is 9.59 Å². The van der Waals surface area contributed by atoms with Gasteiger partial charge in [-0.25, -0.2) is 0 Å². The number of carbonyl (C=O) groups is 2. The number of nitrogens with one attached hydrogen (secondary N) is 3. The van der Waals surface area contributed by atoms with E-state index in [1.807, 2.05) is 19.1 Å². The van der Waals surface area contributed by atoms with Crippen molar-refractivity contribution in [1.82, 2.24) is 15.8 Å². The summed E-state index contributed by atoms with van der Waals surface area (Å²) in [6.45, 7) is 4.03. The summed E-state index contributed by atoms with van der Waals surface area (Å²) < 4.78 is 5.77. The second-order valence-corrected chi connectivity index (χ2v) is 5.33. The lowest BCUT2D eigenvalue weighted by Gasteiger charge is -2.10. The molecule has 2 atom stereocenters. The molecule has 1 aliphatic heterocycles. The van der Waals surface area contributed by atoms with Crippen molar-refractivity contribution in [2.24, 2.45) is 0 Å². The third kappa shape index (κ3) is 2.43. The highest BCUT2D eigenvalue weighted by molar-refractivity contribution is 6.00. The number of hydrogen-bond acceptors (Lipinski definition) is 3. The van der Waals surface area contributed by atoms with E-state index in [0.717, 1.165) is 5.56 Å². The van der Waals surface area contributed by atoms with E-state index in [4.69, 9.17) is 4.74 Å². The van der Waals surface area contributed by atoms with Gasteiger partial charge in [-0.3, -0.25) is 20.4 Å². The number of rotatable bonds is 2. The van der Waals surface area contributed by atoms with Gasteiger partial charge in [-0.05, 0) is 25.1 Å². The van der Waals surface area contributed by atoms with Crippen LogP contribution in [0.25, 0.3) is 0 Å². The van der Waals surface area contributed by atoms with Crippen LogP contribution in [0.1, 0.15) is 46.2 Å². The summed E-state index contributed by atoms with van der Waals surface area (Å²) >= 11 is 0. The first-order chi connectivity index (χ1) is 10.6. The molecule has 0 saturated heterocycles. The van der Waals surface area contributed by atoms with Crippen molar-refractivity contribution in [2.75, 3.05) is 0 Å². The monoisotopic (exact) mass is 299 g/mol. The highest BCUT2D eigenvalue weighted by Crippen LogP contribution is 2.40. The van der Waals surface area contributed by atoms with Crippen LogP contribution in [0.15, 0.2) is 36.5 Å². The molecule has 22 heavy (non-hydrogen) atoms. The molecule has 1 aromatic carbocycles. The van der Waals surface area contributed by atoms with E-state index in [2.05, 4.69) is 22.8 Å². The quantitative estimate of drug-likeness (QED) is 0.741. The van der Waals surface area contributed by atoms with Gasteiger partial charge in [0.05, 0.1) is 5.56 Å². The molecule has 0 aliphatic carbocycles. The van der Waals surface area contributed by atoms with Gasteiger partial charge in [-0.1, -0.05) is 19.1 Å². The molecule has 3 N–H and O–H groups in total. The van der Waals surface area contributed by atoms with Gasteiger partial charge in [-0.2, -0.15) is 0 Å². The van der Waals surface area contributed by atoms with Gasteiger partial charge in [0.25, 0.3) is 11.8 Å². The van der Waals surface area contributed by atoms with Crippen molar-refractivity contribution in [2.45, 2.75) is 25.9 Å². The predicted octanol–water partition coefficient (Wildman–Crippen LogP) is 1.97. The lowest BCUT2D eigenvalue weighted by Crippen LogP contribution is -2.41.